The topological polar surface area (TPSA) is 39.6 Å². The molecule has 1 saturated heterocycles. The minimum Gasteiger partial charge on any atom is -0.508 e. The number of phenols is 1. The van der Waals surface area contributed by atoms with Gasteiger partial charge in [-0.05, 0) is 24.3 Å². The van der Waals surface area contributed by atoms with Crippen molar-refractivity contribution >= 4 is 17.0 Å². The van der Waals surface area contributed by atoms with Gasteiger partial charge in [-0.1, -0.05) is 0 Å². The van der Waals surface area contributed by atoms with Gasteiger partial charge >= 0.3 is 0 Å². The molecule has 1 N–H and O–H groups in total. The van der Waals surface area contributed by atoms with E-state index in [1.54, 1.807) is 23.5 Å². The predicted molar refractivity (Wildman–Crippen MR) is 77.7 cm³/mol. The second-order valence-electron chi connectivity index (χ2n) is 4.76. The second-order valence-corrected chi connectivity index (χ2v) is 5.48. The molecular weight excluding hydrogens is 258 g/mol. The van der Waals surface area contributed by atoms with Crippen LogP contribution in [-0.2, 0) is 6.54 Å². The molecule has 0 atom stereocenters. The Kier molecular flexibility index (Phi) is 3.66. The maximum atomic E-state index is 9.31. The molecule has 0 unspecified atom stereocenters. The lowest BCUT2D eigenvalue weighted by Crippen LogP contribution is -2.46. The van der Waals surface area contributed by atoms with E-state index in [4.69, 9.17) is 0 Å². The van der Waals surface area contributed by atoms with Gasteiger partial charge in [0.2, 0.25) is 0 Å². The number of nitrogens with zero attached hydrogens (tertiary/aromatic N) is 3. The molecule has 1 aromatic heterocycles. The van der Waals surface area contributed by atoms with Gasteiger partial charge in [0.05, 0.1) is 11.2 Å². The number of hydrogen-bond donors (Lipinski definition) is 1. The Labute approximate surface area is 116 Å². The summed E-state index contributed by atoms with van der Waals surface area (Å²) in [5, 5.41) is 11.4. The monoisotopic (exact) mass is 275 g/mol. The molecule has 2 heterocycles. The average molecular weight is 275 g/mol. The third-order valence-electron chi connectivity index (χ3n) is 3.46. The average Bonchev–Trinajstić information content (AvgIpc) is 2.94. The summed E-state index contributed by atoms with van der Waals surface area (Å²) >= 11 is 1.66. The van der Waals surface area contributed by atoms with Crippen LogP contribution in [-0.4, -0.2) is 41.2 Å². The first-order valence-corrected chi connectivity index (χ1v) is 7.39. The van der Waals surface area contributed by atoms with E-state index in [0.717, 1.165) is 32.7 Å². The van der Waals surface area contributed by atoms with E-state index in [9.17, 15) is 5.11 Å². The van der Waals surface area contributed by atoms with Crippen LogP contribution in [0, 0.1) is 0 Å². The van der Waals surface area contributed by atoms with E-state index in [2.05, 4.69) is 20.2 Å². The molecule has 1 aliphatic rings. The Morgan fingerprint density at radius 2 is 1.84 bits per heavy atom. The molecule has 0 amide bonds. The molecule has 2 aromatic rings. The van der Waals surface area contributed by atoms with Crippen molar-refractivity contribution in [3.8, 4) is 5.75 Å². The van der Waals surface area contributed by atoms with Gasteiger partial charge in [0.1, 0.15) is 5.75 Å². The summed E-state index contributed by atoms with van der Waals surface area (Å²) < 4.78 is 0. The van der Waals surface area contributed by atoms with Crippen molar-refractivity contribution < 1.29 is 5.11 Å². The number of piperazine rings is 1. The Balaban J connectivity index is 1.56. The van der Waals surface area contributed by atoms with Crippen molar-refractivity contribution in [2.75, 3.05) is 31.1 Å². The highest BCUT2D eigenvalue weighted by Gasteiger charge is 2.17. The molecule has 0 radical (unpaired) electrons. The van der Waals surface area contributed by atoms with Gasteiger partial charge in [-0.3, -0.25) is 4.90 Å². The van der Waals surface area contributed by atoms with Gasteiger partial charge in [0.25, 0.3) is 0 Å². The number of aromatic hydroxyl groups is 1. The van der Waals surface area contributed by atoms with Gasteiger partial charge < -0.3 is 10.0 Å². The van der Waals surface area contributed by atoms with Crippen molar-refractivity contribution in [3.63, 3.8) is 0 Å². The molecule has 1 fully saturated rings. The molecule has 3 rings (SSSR count). The fourth-order valence-corrected chi connectivity index (χ4v) is 2.92. The highest BCUT2D eigenvalue weighted by atomic mass is 32.1. The van der Waals surface area contributed by atoms with Crippen LogP contribution >= 0.6 is 11.3 Å². The minimum absolute atomic E-state index is 0.325. The normalized spacial score (nSPS) is 16.7. The Morgan fingerprint density at radius 3 is 2.47 bits per heavy atom. The van der Waals surface area contributed by atoms with Gasteiger partial charge in [-0.15, -0.1) is 11.3 Å². The van der Waals surface area contributed by atoms with E-state index >= 15 is 0 Å². The van der Waals surface area contributed by atoms with Crippen molar-refractivity contribution in [2.24, 2.45) is 0 Å². The molecule has 1 aromatic carbocycles. The summed E-state index contributed by atoms with van der Waals surface area (Å²) in [5.74, 6) is 0.325. The Bertz CT molecular complexity index is 504. The molecule has 5 heteroatoms. The maximum absolute atomic E-state index is 9.31. The van der Waals surface area contributed by atoms with E-state index in [-0.39, 0.29) is 0 Å². The van der Waals surface area contributed by atoms with Crippen LogP contribution < -0.4 is 4.90 Å². The standard InChI is InChI=1S/C14H17N3OS/c18-14-3-1-13(2-4-14)17-7-5-16(6-8-17)9-12-10-19-11-15-12/h1-4,10-11,18H,5-9H2. The minimum atomic E-state index is 0.325. The molecule has 1 aliphatic heterocycles. The number of aromatic nitrogens is 1. The van der Waals surface area contributed by atoms with E-state index in [0.29, 0.717) is 5.75 Å². The van der Waals surface area contributed by atoms with E-state index < -0.39 is 0 Å². The fraction of sp³-hybridized carbons (Fsp3) is 0.357. The third-order valence-corrected chi connectivity index (χ3v) is 4.09. The van der Waals surface area contributed by atoms with Crippen LogP contribution in [0.1, 0.15) is 5.69 Å². The lowest BCUT2D eigenvalue weighted by Gasteiger charge is -2.35. The number of benzene rings is 1. The summed E-state index contributed by atoms with van der Waals surface area (Å²) in [6.07, 6.45) is 0. The number of anilines is 1. The Hall–Kier alpha value is -1.59. The third kappa shape index (κ3) is 3.05. The van der Waals surface area contributed by atoms with Crippen molar-refractivity contribution in [1.29, 1.82) is 0 Å². The van der Waals surface area contributed by atoms with E-state index in [1.165, 1.54) is 11.4 Å². The zero-order valence-electron chi connectivity index (χ0n) is 10.7. The zero-order valence-corrected chi connectivity index (χ0v) is 11.5. The molecule has 19 heavy (non-hydrogen) atoms. The highest BCUT2D eigenvalue weighted by Crippen LogP contribution is 2.20. The van der Waals surface area contributed by atoms with Crippen molar-refractivity contribution in [3.05, 3.63) is 40.8 Å². The first kappa shape index (κ1) is 12.4. The highest BCUT2D eigenvalue weighted by molar-refractivity contribution is 7.07. The van der Waals surface area contributed by atoms with Crippen LogP contribution in [0.3, 0.4) is 0 Å². The lowest BCUT2D eigenvalue weighted by molar-refractivity contribution is 0.247. The largest absolute Gasteiger partial charge is 0.508 e. The Morgan fingerprint density at radius 1 is 1.11 bits per heavy atom. The number of hydrogen-bond acceptors (Lipinski definition) is 5. The van der Waals surface area contributed by atoms with Gasteiger partial charge in [-0.2, -0.15) is 0 Å². The second kappa shape index (κ2) is 5.59. The van der Waals surface area contributed by atoms with Gasteiger partial charge in [0.15, 0.2) is 0 Å². The molecule has 100 valence electrons. The summed E-state index contributed by atoms with van der Waals surface area (Å²) in [6.45, 7) is 5.10. The smallest absolute Gasteiger partial charge is 0.115 e. The summed E-state index contributed by atoms with van der Waals surface area (Å²) in [4.78, 5) is 9.13. The summed E-state index contributed by atoms with van der Waals surface area (Å²) in [5.41, 5.74) is 4.25. The number of thiazole rings is 1. The molecule has 0 bridgehead atoms. The summed E-state index contributed by atoms with van der Waals surface area (Å²) in [7, 11) is 0. The molecule has 0 spiro atoms. The number of phenolic OH excluding ortho intramolecular Hbond substituents is 1. The van der Waals surface area contributed by atoms with Crippen molar-refractivity contribution in [1.82, 2.24) is 9.88 Å². The first-order valence-electron chi connectivity index (χ1n) is 6.45. The van der Waals surface area contributed by atoms with Gasteiger partial charge in [0, 0.05) is 43.8 Å². The SMILES string of the molecule is Oc1ccc(N2CCN(Cc3cscn3)CC2)cc1. The zero-order chi connectivity index (χ0) is 13.1. The van der Waals surface area contributed by atoms with E-state index in [1.807, 2.05) is 17.6 Å². The van der Waals surface area contributed by atoms with Crippen LogP contribution in [0.2, 0.25) is 0 Å². The molecule has 0 aliphatic carbocycles. The lowest BCUT2D eigenvalue weighted by atomic mass is 10.2. The fourth-order valence-electron chi connectivity index (χ4n) is 2.37. The number of rotatable bonds is 3. The first-order chi connectivity index (χ1) is 9.31. The van der Waals surface area contributed by atoms with Crippen LogP contribution in [0.15, 0.2) is 35.2 Å². The van der Waals surface area contributed by atoms with Gasteiger partial charge in [-0.25, -0.2) is 4.98 Å². The molecule has 0 saturated carbocycles. The van der Waals surface area contributed by atoms with Crippen LogP contribution in [0.4, 0.5) is 5.69 Å². The van der Waals surface area contributed by atoms with Crippen LogP contribution in [0.25, 0.3) is 0 Å². The molecular formula is C14H17N3OS. The predicted octanol–water partition coefficient (Wildman–Crippen LogP) is 2.17. The maximum Gasteiger partial charge on any atom is 0.115 e. The van der Waals surface area contributed by atoms with Crippen molar-refractivity contribution in [2.45, 2.75) is 6.54 Å². The molecule has 4 nitrogen and oxygen atoms in total. The summed E-state index contributed by atoms with van der Waals surface area (Å²) in [6, 6.07) is 7.45. The van der Waals surface area contributed by atoms with Crippen LogP contribution in [0.5, 0.6) is 5.75 Å². The quantitative estimate of drug-likeness (QED) is 0.932.